The molecule has 3 amide bonds. The van der Waals surface area contributed by atoms with Crippen LogP contribution in [0.2, 0.25) is 0 Å². The van der Waals surface area contributed by atoms with Gasteiger partial charge in [0.25, 0.3) is 0 Å². The lowest BCUT2D eigenvalue weighted by Gasteiger charge is -2.22. The number of benzene rings is 3. The number of halogens is 3. The summed E-state index contributed by atoms with van der Waals surface area (Å²) in [5.74, 6) is -1.54. The highest BCUT2D eigenvalue weighted by Gasteiger charge is 2.40. The second kappa shape index (κ2) is 11.6. The monoisotopic (exact) mass is 588 g/mol. The van der Waals surface area contributed by atoms with Crippen molar-refractivity contribution >= 4 is 27.4 Å². The van der Waals surface area contributed by atoms with Gasteiger partial charge < -0.3 is 14.8 Å². The Balaban J connectivity index is 1.91. The van der Waals surface area contributed by atoms with Crippen LogP contribution < -0.4 is 14.8 Å². The van der Waals surface area contributed by atoms with E-state index >= 15 is 0 Å². The van der Waals surface area contributed by atoms with Gasteiger partial charge in [-0.1, -0.05) is 30.3 Å². The number of ether oxygens (including phenoxy) is 2. The number of fused-ring (bicyclic) bond motifs is 1. The molecule has 0 aliphatic carbocycles. The zero-order valence-corrected chi connectivity index (χ0v) is 23.4. The Morgan fingerprint density at radius 3 is 2.15 bits per heavy atom. The fourth-order valence-electron chi connectivity index (χ4n) is 4.36. The van der Waals surface area contributed by atoms with E-state index < -0.39 is 27.8 Å². The first-order chi connectivity index (χ1) is 19.4. The number of urea groups is 1. The summed E-state index contributed by atoms with van der Waals surface area (Å²) < 4.78 is 67.4. The molecule has 3 aromatic rings. The van der Waals surface area contributed by atoms with Crippen LogP contribution in [0.3, 0.4) is 0 Å². The normalized spacial score (nSPS) is 16.4. The van der Waals surface area contributed by atoms with Crippen LogP contribution in [0.5, 0.6) is 11.5 Å². The lowest BCUT2D eigenvalue weighted by atomic mass is 9.94. The summed E-state index contributed by atoms with van der Waals surface area (Å²) in [5, 5.41) is 8.51. The van der Waals surface area contributed by atoms with E-state index in [0.29, 0.717) is 34.8 Å². The van der Waals surface area contributed by atoms with E-state index in [1.54, 1.807) is 18.2 Å². The maximum Gasteiger partial charge on any atom is 0.474 e. The predicted octanol–water partition coefficient (Wildman–Crippen LogP) is 5.02. The Hall–Kier alpha value is -4.39. The van der Waals surface area contributed by atoms with Crippen LogP contribution >= 0.6 is 0 Å². The molecule has 216 valence electrons. The lowest BCUT2D eigenvalue weighted by Crippen LogP contribution is -2.41. The van der Waals surface area contributed by atoms with E-state index in [4.69, 9.17) is 9.47 Å². The summed E-state index contributed by atoms with van der Waals surface area (Å²) >= 11 is 0. The second-order valence-electron chi connectivity index (χ2n) is 9.02. The number of hydrogen-bond acceptors (Lipinski definition) is 6. The first-order valence-corrected chi connectivity index (χ1v) is 13.8. The Kier molecular flexibility index (Phi) is 8.38. The van der Waals surface area contributed by atoms with Gasteiger partial charge >= 0.3 is 18.1 Å². The van der Waals surface area contributed by atoms with Crippen LogP contribution in [0.15, 0.2) is 86.0 Å². The smallest absolute Gasteiger partial charge is 0.474 e. The van der Waals surface area contributed by atoms with Crippen molar-refractivity contribution in [2.45, 2.75) is 35.4 Å². The first-order valence-electron chi connectivity index (χ1n) is 12.3. The van der Waals surface area contributed by atoms with Crippen LogP contribution in [-0.4, -0.2) is 60.4 Å². The summed E-state index contributed by atoms with van der Waals surface area (Å²) in [5.41, 5.74) is 2.26. The molecule has 3 aromatic carbocycles. The molecule has 1 N–H and O–H groups in total. The molecule has 1 heterocycles. The summed E-state index contributed by atoms with van der Waals surface area (Å²) in [6.07, 6.45) is -4.87. The van der Waals surface area contributed by atoms with E-state index in [2.05, 4.69) is 14.8 Å². The number of hydrogen-bond donors (Lipinski definition) is 1. The van der Waals surface area contributed by atoms with Crippen molar-refractivity contribution in [2.24, 2.45) is 9.46 Å². The summed E-state index contributed by atoms with van der Waals surface area (Å²) in [4.78, 5) is 24.4. The standard InChI is InChI=1S/C28H27F3N4O5S/c1-17-14-19-15-23(39-3)24(40-4)16-22(19)25(33-35(17)27(37)32-2)18-10-12-21(13-11-18)41(38,20-8-6-5-7-9-20)34-26(36)28(29,30)31/h5-13,15-17H,14H2,1-4H3,(H,32,37)/t17-,41?/m0/s1. The van der Waals surface area contributed by atoms with Gasteiger partial charge in [0.05, 0.1) is 35.8 Å². The van der Waals surface area contributed by atoms with Crippen molar-refractivity contribution in [1.82, 2.24) is 10.3 Å². The van der Waals surface area contributed by atoms with Gasteiger partial charge in [0.2, 0.25) is 0 Å². The fourth-order valence-corrected chi connectivity index (χ4v) is 6.21. The van der Waals surface area contributed by atoms with Gasteiger partial charge in [-0.2, -0.15) is 18.3 Å². The number of hydrazone groups is 1. The van der Waals surface area contributed by atoms with Crippen LogP contribution in [-0.2, 0) is 20.9 Å². The van der Waals surface area contributed by atoms with Gasteiger partial charge in [-0.15, -0.1) is 4.36 Å². The highest BCUT2D eigenvalue weighted by molar-refractivity contribution is 7.94. The van der Waals surface area contributed by atoms with Crippen LogP contribution in [0.4, 0.5) is 18.0 Å². The Morgan fingerprint density at radius 2 is 1.59 bits per heavy atom. The Bertz CT molecular complexity index is 1620. The third-order valence-corrected chi connectivity index (χ3v) is 8.64. The molecule has 9 nitrogen and oxygen atoms in total. The van der Waals surface area contributed by atoms with E-state index in [0.717, 1.165) is 5.56 Å². The lowest BCUT2D eigenvalue weighted by molar-refractivity contribution is -0.169. The van der Waals surface area contributed by atoms with Crippen molar-refractivity contribution in [3.63, 3.8) is 0 Å². The van der Waals surface area contributed by atoms with Gasteiger partial charge in [0.15, 0.2) is 11.5 Å². The van der Waals surface area contributed by atoms with Crippen molar-refractivity contribution in [3.8, 4) is 11.5 Å². The van der Waals surface area contributed by atoms with Gasteiger partial charge in [-0.3, -0.25) is 4.79 Å². The van der Waals surface area contributed by atoms with Gasteiger partial charge in [-0.25, -0.2) is 14.0 Å². The van der Waals surface area contributed by atoms with Crippen molar-refractivity contribution in [3.05, 3.63) is 83.4 Å². The molecule has 0 spiro atoms. The number of amides is 3. The summed E-state index contributed by atoms with van der Waals surface area (Å²) in [7, 11) is 0.477. The predicted molar refractivity (Wildman–Crippen MR) is 146 cm³/mol. The number of carbonyl (C=O) groups is 2. The summed E-state index contributed by atoms with van der Waals surface area (Å²) in [6, 6.07) is 15.7. The van der Waals surface area contributed by atoms with Crippen LogP contribution in [0.1, 0.15) is 23.6 Å². The SMILES string of the molecule is CNC(=O)N1N=C(c2ccc(S(=O)(=NC(=O)C(F)(F)F)c3ccccc3)cc2)c2cc(OC)c(OC)cc2C[C@@H]1C. The van der Waals surface area contributed by atoms with Gasteiger partial charge in [0, 0.05) is 18.2 Å². The van der Waals surface area contributed by atoms with Gasteiger partial charge in [0.1, 0.15) is 9.73 Å². The molecule has 1 unspecified atom stereocenters. The molecule has 0 saturated heterocycles. The van der Waals surface area contributed by atoms with E-state index in [9.17, 15) is 27.0 Å². The molecule has 0 bridgehead atoms. The fraction of sp³-hybridized carbons (Fsp3) is 0.250. The zero-order chi connectivity index (χ0) is 29.9. The number of carbonyl (C=O) groups excluding carboxylic acids is 2. The number of nitrogens with zero attached hydrogens (tertiary/aromatic N) is 3. The minimum absolute atomic E-state index is 0.0565. The Labute approximate surface area is 235 Å². The highest BCUT2D eigenvalue weighted by atomic mass is 32.2. The average Bonchev–Trinajstić information content (AvgIpc) is 3.11. The minimum atomic E-state index is -5.30. The first kappa shape index (κ1) is 29.6. The van der Waals surface area contributed by atoms with Crippen molar-refractivity contribution < 1.29 is 36.4 Å². The van der Waals surface area contributed by atoms with Crippen LogP contribution in [0.25, 0.3) is 0 Å². The molecule has 0 radical (unpaired) electrons. The molecule has 0 aromatic heterocycles. The number of rotatable bonds is 5. The van der Waals surface area contributed by atoms with E-state index in [1.807, 2.05) is 6.92 Å². The molecule has 13 heteroatoms. The molecular formula is C28H27F3N4O5S. The zero-order valence-electron chi connectivity index (χ0n) is 22.6. The molecule has 0 saturated carbocycles. The summed E-state index contributed by atoms with van der Waals surface area (Å²) in [6.45, 7) is 1.83. The van der Waals surface area contributed by atoms with E-state index in [1.165, 1.54) is 74.8 Å². The maximum absolute atomic E-state index is 14.0. The minimum Gasteiger partial charge on any atom is -0.493 e. The average molecular weight is 589 g/mol. The topological polar surface area (TPSA) is 110 Å². The van der Waals surface area contributed by atoms with Gasteiger partial charge in [-0.05, 0) is 55.3 Å². The quantitative estimate of drug-likeness (QED) is 0.450. The molecule has 4 rings (SSSR count). The number of nitrogens with one attached hydrogen (secondary N) is 1. The third-order valence-electron chi connectivity index (χ3n) is 6.39. The molecule has 2 atom stereocenters. The van der Waals surface area contributed by atoms with Crippen LogP contribution in [0, 0.1) is 0 Å². The molecule has 1 aliphatic heterocycles. The third kappa shape index (κ3) is 5.89. The van der Waals surface area contributed by atoms with Crippen molar-refractivity contribution in [1.29, 1.82) is 0 Å². The van der Waals surface area contributed by atoms with E-state index in [-0.39, 0.29) is 15.8 Å². The Morgan fingerprint density at radius 1 is 1.00 bits per heavy atom. The highest BCUT2D eigenvalue weighted by Crippen LogP contribution is 2.35. The molecule has 41 heavy (non-hydrogen) atoms. The molecule has 1 aliphatic rings. The number of methoxy groups -OCH3 is 2. The molecular weight excluding hydrogens is 561 g/mol. The van der Waals surface area contributed by atoms with Crippen molar-refractivity contribution in [2.75, 3.05) is 21.3 Å². The largest absolute Gasteiger partial charge is 0.493 e. The number of alkyl halides is 3. The second-order valence-corrected chi connectivity index (χ2v) is 11.2. The molecule has 0 fully saturated rings. The maximum atomic E-state index is 14.0.